The van der Waals surface area contributed by atoms with Gasteiger partial charge in [-0.2, -0.15) is 10.1 Å². The summed E-state index contributed by atoms with van der Waals surface area (Å²) in [7, 11) is 5.71. The zero-order valence-electron chi connectivity index (χ0n) is 20.2. The predicted octanol–water partition coefficient (Wildman–Crippen LogP) is 6.98. The number of anilines is 1. The lowest BCUT2D eigenvalue weighted by Gasteiger charge is -2.24. The van der Waals surface area contributed by atoms with Crippen molar-refractivity contribution in [1.82, 2.24) is 5.01 Å². The molecule has 0 aromatic heterocycles. The van der Waals surface area contributed by atoms with Crippen LogP contribution in [0.15, 0.2) is 92.3 Å². The number of amides is 1. The first-order valence-electron chi connectivity index (χ1n) is 11.5. The molecule has 0 aliphatic carbocycles. The summed E-state index contributed by atoms with van der Waals surface area (Å²) in [6.07, 6.45) is 2.68. The van der Waals surface area contributed by atoms with Crippen molar-refractivity contribution >= 4 is 56.2 Å². The zero-order chi connectivity index (χ0) is 25.2. The Balaban J connectivity index is 1.55. The van der Waals surface area contributed by atoms with Crippen LogP contribution >= 0.6 is 27.7 Å². The van der Waals surface area contributed by atoms with E-state index in [4.69, 9.17) is 9.84 Å². The molecule has 0 radical (unpaired) electrons. The second kappa shape index (κ2) is 10.3. The van der Waals surface area contributed by atoms with Gasteiger partial charge < -0.3 is 9.64 Å². The van der Waals surface area contributed by atoms with Gasteiger partial charge in [-0.1, -0.05) is 40.2 Å². The highest BCUT2D eigenvalue weighted by Crippen LogP contribution is 2.40. The molecule has 0 saturated heterocycles. The van der Waals surface area contributed by atoms with Crippen molar-refractivity contribution in [3.63, 3.8) is 0 Å². The Morgan fingerprint density at radius 2 is 1.83 bits per heavy atom. The van der Waals surface area contributed by atoms with Crippen molar-refractivity contribution in [3.8, 4) is 5.75 Å². The fourth-order valence-electron chi connectivity index (χ4n) is 4.23. The first-order chi connectivity index (χ1) is 17.4. The minimum Gasteiger partial charge on any atom is -0.497 e. The Labute approximate surface area is 223 Å². The zero-order valence-corrected chi connectivity index (χ0v) is 22.6. The van der Waals surface area contributed by atoms with Crippen molar-refractivity contribution in [1.29, 1.82) is 0 Å². The summed E-state index contributed by atoms with van der Waals surface area (Å²) in [6, 6.07) is 24.2. The maximum absolute atomic E-state index is 12.5. The number of thioether (sulfide) groups is 1. The quantitative estimate of drug-likeness (QED) is 0.337. The number of nitrogens with zero attached hydrogens (tertiary/aromatic N) is 4. The average molecular weight is 562 g/mol. The normalized spacial score (nSPS) is 18.4. The molecule has 2 aliphatic heterocycles. The molecule has 3 aromatic carbocycles. The van der Waals surface area contributed by atoms with E-state index in [1.165, 1.54) is 0 Å². The van der Waals surface area contributed by atoms with Crippen molar-refractivity contribution in [3.05, 3.63) is 98.9 Å². The summed E-state index contributed by atoms with van der Waals surface area (Å²) < 4.78 is 6.30. The third-order valence-electron chi connectivity index (χ3n) is 6.11. The number of aliphatic imine (C=N–C) groups is 1. The highest BCUT2D eigenvalue weighted by atomic mass is 79.9. The smallest absolute Gasteiger partial charge is 0.311 e. The molecule has 0 spiro atoms. The Morgan fingerprint density at radius 1 is 1.08 bits per heavy atom. The van der Waals surface area contributed by atoms with E-state index in [0.29, 0.717) is 12.3 Å². The lowest BCUT2D eigenvalue weighted by Crippen LogP contribution is -2.26. The van der Waals surface area contributed by atoms with Crippen molar-refractivity contribution < 1.29 is 9.53 Å². The number of hydrogen-bond acceptors (Lipinski definition) is 6. The first-order valence-corrected chi connectivity index (χ1v) is 13.1. The van der Waals surface area contributed by atoms with E-state index in [1.807, 2.05) is 73.7 Å². The molecule has 0 bridgehead atoms. The van der Waals surface area contributed by atoms with Crippen LogP contribution in [0.25, 0.3) is 6.08 Å². The van der Waals surface area contributed by atoms with E-state index in [-0.39, 0.29) is 11.3 Å². The lowest BCUT2D eigenvalue weighted by molar-refractivity contribution is 0.267. The fraction of sp³-hybridized carbons (Fsp3) is 0.179. The summed E-state index contributed by atoms with van der Waals surface area (Å²) >= 11 is 4.66. The number of halogens is 1. The number of hydrogen-bond donors (Lipinski definition) is 0. The minimum absolute atomic E-state index is 0.0885. The molecule has 8 heteroatoms. The molecule has 1 atom stereocenters. The van der Waals surface area contributed by atoms with Crippen LogP contribution in [0.3, 0.4) is 0 Å². The van der Waals surface area contributed by atoms with Crippen LogP contribution in [0.1, 0.15) is 29.2 Å². The van der Waals surface area contributed by atoms with Gasteiger partial charge in [0.25, 0.3) is 0 Å². The van der Waals surface area contributed by atoms with Gasteiger partial charge in [0.05, 0.1) is 23.8 Å². The average Bonchev–Trinajstić information content (AvgIpc) is 3.47. The van der Waals surface area contributed by atoms with Crippen LogP contribution in [0.2, 0.25) is 0 Å². The monoisotopic (exact) mass is 560 g/mol. The van der Waals surface area contributed by atoms with Gasteiger partial charge in [-0.25, -0.2) is 5.01 Å². The topological polar surface area (TPSA) is 57.5 Å². The van der Waals surface area contributed by atoms with E-state index >= 15 is 0 Å². The number of carbonyl (C=O) groups is 1. The summed E-state index contributed by atoms with van der Waals surface area (Å²) in [5.74, 6) is 1.38. The number of hydrazone groups is 1. The predicted molar refractivity (Wildman–Crippen MR) is 152 cm³/mol. The summed E-state index contributed by atoms with van der Waals surface area (Å²) in [6.45, 7) is 0. The van der Waals surface area contributed by atoms with Gasteiger partial charge in [0, 0.05) is 30.7 Å². The molecule has 2 aliphatic rings. The van der Waals surface area contributed by atoms with E-state index in [1.54, 1.807) is 7.11 Å². The maximum Gasteiger partial charge on any atom is 0.311 e. The van der Waals surface area contributed by atoms with E-state index in [9.17, 15) is 4.79 Å². The van der Waals surface area contributed by atoms with E-state index in [2.05, 4.69) is 50.1 Å². The first kappa shape index (κ1) is 24.3. The van der Waals surface area contributed by atoms with Crippen molar-refractivity contribution in [2.75, 3.05) is 26.1 Å². The highest BCUT2D eigenvalue weighted by molar-refractivity contribution is 9.10. The second-order valence-corrected chi connectivity index (χ2v) is 10.6. The SMILES string of the molecule is COc1ccc(C2=NN(C3=NC(=O)S/C3=C\c3cccc(Br)c3)C(c3ccc(N(C)C)cc3)C2)cc1. The molecule has 1 amide bonds. The van der Waals surface area contributed by atoms with Gasteiger partial charge in [-0.15, -0.1) is 0 Å². The van der Waals surface area contributed by atoms with Gasteiger partial charge in [0.15, 0.2) is 5.84 Å². The molecule has 0 fully saturated rings. The molecule has 3 aromatic rings. The number of benzene rings is 3. The summed E-state index contributed by atoms with van der Waals surface area (Å²) in [5.41, 5.74) is 5.18. The van der Waals surface area contributed by atoms with Crippen molar-refractivity contribution in [2.45, 2.75) is 12.5 Å². The molecule has 6 nitrogen and oxygen atoms in total. The van der Waals surface area contributed by atoms with Crippen LogP contribution < -0.4 is 9.64 Å². The summed E-state index contributed by atoms with van der Waals surface area (Å²) in [5, 5.41) is 6.68. The van der Waals surface area contributed by atoms with Gasteiger partial charge >= 0.3 is 5.24 Å². The molecule has 36 heavy (non-hydrogen) atoms. The van der Waals surface area contributed by atoms with Gasteiger partial charge in [-0.05, 0) is 83.1 Å². The Kier molecular flexibility index (Phi) is 6.98. The lowest BCUT2D eigenvalue weighted by atomic mass is 9.98. The van der Waals surface area contributed by atoms with Crippen LogP contribution in [-0.2, 0) is 0 Å². The van der Waals surface area contributed by atoms with Crippen molar-refractivity contribution in [2.24, 2.45) is 10.1 Å². The minimum atomic E-state index is -0.235. The van der Waals surface area contributed by atoms with Crippen LogP contribution in [-0.4, -0.2) is 43.0 Å². The number of ether oxygens (including phenoxy) is 1. The summed E-state index contributed by atoms with van der Waals surface area (Å²) in [4.78, 5) is 19.8. The third kappa shape index (κ3) is 5.10. The van der Waals surface area contributed by atoms with Gasteiger partial charge in [-0.3, -0.25) is 4.79 Å². The van der Waals surface area contributed by atoms with E-state index in [0.717, 1.165) is 55.0 Å². The largest absolute Gasteiger partial charge is 0.497 e. The number of methoxy groups -OCH3 is 1. The molecule has 0 saturated carbocycles. The fourth-order valence-corrected chi connectivity index (χ4v) is 5.39. The number of carbonyl (C=O) groups excluding carboxylic acids is 1. The number of amidine groups is 1. The molecular formula is C28H25BrN4O2S. The van der Waals surface area contributed by atoms with Crippen LogP contribution in [0.5, 0.6) is 5.75 Å². The Hall–Kier alpha value is -3.36. The number of rotatable bonds is 5. The molecule has 5 rings (SSSR count). The molecule has 0 N–H and O–H groups in total. The van der Waals surface area contributed by atoms with Gasteiger partial charge in [0.2, 0.25) is 0 Å². The van der Waals surface area contributed by atoms with Crippen LogP contribution in [0, 0.1) is 0 Å². The highest BCUT2D eigenvalue weighted by Gasteiger charge is 2.37. The molecule has 1 unspecified atom stereocenters. The standard InChI is InChI=1S/C28H25BrN4O2S/c1-32(2)22-11-7-20(8-12-22)25-17-24(19-9-13-23(35-3)14-10-19)31-33(25)27-26(36-28(34)30-27)16-18-5-4-6-21(29)15-18/h4-16,25H,17H2,1-3H3/b26-16-. The third-order valence-corrected chi connectivity index (χ3v) is 7.39. The Morgan fingerprint density at radius 3 is 2.50 bits per heavy atom. The van der Waals surface area contributed by atoms with Crippen LogP contribution in [0.4, 0.5) is 10.5 Å². The van der Waals surface area contributed by atoms with Gasteiger partial charge in [0.1, 0.15) is 5.75 Å². The maximum atomic E-state index is 12.5. The Bertz CT molecular complexity index is 1380. The van der Waals surface area contributed by atoms with E-state index < -0.39 is 0 Å². The molecular weight excluding hydrogens is 536 g/mol. The second-order valence-electron chi connectivity index (χ2n) is 8.69. The molecule has 2 heterocycles. The molecule has 182 valence electrons.